The monoisotopic (exact) mass is 490 g/mol. The summed E-state index contributed by atoms with van der Waals surface area (Å²) < 4.78 is 62.5. The van der Waals surface area contributed by atoms with Gasteiger partial charge in [0, 0.05) is 18.2 Å². The van der Waals surface area contributed by atoms with Crippen LogP contribution in [0.2, 0.25) is 0 Å². The molecule has 0 radical (unpaired) electrons. The standard InChI is InChI=1S/C27H22O5S2/c1-32-21-11-6-12-24-27(21)34(30,31)23-16-14-18-8-3-5-10-20(18)26(23)25-19-9-4-2-7-17(19)13-15-22(25)33(24,28)29/h2-11,13-16,21,24,27H,12H2,1H3/t21-,24+,27-/m1/s1. The number of rotatable bonds is 1. The number of sulfone groups is 2. The van der Waals surface area contributed by atoms with Crippen molar-refractivity contribution in [3.8, 4) is 11.1 Å². The topological polar surface area (TPSA) is 77.5 Å². The molecule has 1 aliphatic heterocycles. The Bertz CT molecular complexity index is 1720. The molecule has 2 aliphatic rings. The lowest BCUT2D eigenvalue weighted by Gasteiger charge is -2.36. The second-order valence-corrected chi connectivity index (χ2v) is 13.0. The fourth-order valence-electron chi connectivity index (χ4n) is 5.50. The normalized spacial score (nSPS) is 24.6. The average Bonchev–Trinajstić information content (AvgIpc) is 2.86. The fraction of sp³-hybridized carbons (Fsp3) is 0.185. The molecule has 0 N–H and O–H groups in total. The summed E-state index contributed by atoms with van der Waals surface area (Å²) in [5, 5.41) is 0.721. The highest BCUT2D eigenvalue weighted by molar-refractivity contribution is 7.96. The van der Waals surface area contributed by atoms with Crippen LogP contribution in [0.4, 0.5) is 0 Å². The largest absolute Gasteiger partial charge is 0.376 e. The number of hydrogen-bond acceptors (Lipinski definition) is 5. The summed E-state index contributed by atoms with van der Waals surface area (Å²) in [6.45, 7) is 0. The van der Waals surface area contributed by atoms with E-state index in [1.807, 2.05) is 48.5 Å². The van der Waals surface area contributed by atoms with E-state index in [-0.39, 0.29) is 16.2 Å². The molecule has 34 heavy (non-hydrogen) atoms. The van der Waals surface area contributed by atoms with E-state index >= 15 is 0 Å². The minimum atomic E-state index is -4.09. The smallest absolute Gasteiger partial charge is 0.186 e. The van der Waals surface area contributed by atoms with Crippen LogP contribution in [-0.4, -0.2) is 40.5 Å². The zero-order valence-corrected chi connectivity index (χ0v) is 20.0. The Balaban J connectivity index is 1.88. The zero-order valence-electron chi connectivity index (χ0n) is 18.4. The first-order valence-electron chi connectivity index (χ1n) is 11.1. The minimum absolute atomic E-state index is 0.112. The van der Waals surface area contributed by atoms with Crippen molar-refractivity contribution >= 4 is 41.2 Å². The van der Waals surface area contributed by atoms with Gasteiger partial charge in [-0.25, -0.2) is 16.8 Å². The molecule has 0 bridgehead atoms. The molecule has 0 saturated carbocycles. The summed E-state index contributed by atoms with van der Waals surface area (Å²) in [4.78, 5) is 0.310. The molecule has 0 saturated heterocycles. The average molecular weight is 491 g/mol. The van der Waals surface area contributed by atoms with Gasteiger partial charge in [0.2, 0.25) is 0 Å². The van der Waals surface area contributed by atoms with Crippen molar-refractivity contribution < 1.29 is 21.6 Å². The molecule has 172 valence electrons. The molecule has 0 unspecified atom stereocenters. The summed E-state index contributed by atoms with van der Waals surface area (Å²) >= 11 is 0. The van der Waals surface area contributed by atoms with E-state index in [1.165, 1.54) is 7.11 Å². The Morgan fingerprint density at radius 1 is 0.706 bits per heavy atom. The van der Waals surface area contributed by atoms with Crippen LogP contribution in [0.3, 0.4) is 0 Å². The fourth-order valence-corrected chi connectivity index (χ4v) is 10.4. The van der Waals surface area contributed by atoms with Crippen LogP contribution in [0, 0.1) is 0 Å². The highest BCUT2D eigenvalue weighted by Crippen LogP contribution is 2.48. The Morgan fingerprint density at radius 3 is 1.79 bits per heavy atom. The van der Waals surface area contributed by atoms with Crippen molar-refractivity contribution in [1.29, 1.82) is 0 Å². The number of methoxy groups -OCH3 is 1. The van der Waals surface area contributed by atoms with E-state index in [9.17, 15) is 16.8 Å². The lowest BCUT2D eigenvalue weighted by Crippen LogP contribution is -2.50. The SMILES string of the molecule is CO[C@@H]1C=CC[C@H]2[C@@H]1S(=O)(=O)c1ccc3ccccc3c1-c1c(ccc3ccccc13)S2(=O)=O. The van der Waals surface area contributed by atoms with Crippen molar-refractivity contribution in [2.45, 2.75) is 32.8 Å². The maximum atomic E-state index is 14.3. The predicted octanol–water partition coefficient (Wildman–Crippen LogP) is 4.93. The van der Waals surface area contributed by atoms with E-state index in [0.29, 0.717) is 21.9 Å². The number of allylic oxidation sites excluding steroid dienone is 1. The number of benzene rings is 4. The molecular formula is C27H22O5S2. The van der Waals surface area contributed by atoms with Gasteiger partial charge in [0.25, 0.3) is 0 Å². The van der Waals surface area contributed by atoms with Crippen LogP contribution in [0.25, 0.3) is 32.7 Å². The van der Waals surface area contributed by atoms with Crippen molar-refractivity contribution in [2.24, 2.45) is 0 Å². The maximum absolute atomic E-state index is 14.3. The highest BCUT2D eigenvalue weighted by Gasteiger charge is 2.51. The van der Waals surface area contributed by atoms with Crippen molar-refractivity contribution in [2.75, 3.05) is 7.11 Å². The van der Waals surface area contributed by atoms with Crippen LogP contribution >= 0.6 is 0 Å². The van der Waals surface area contributed by atoms with Crippen molar-refractivity contribution in [3.63, 3.8) is 0 Å². The first-order valence-corrected chi connectivity index (χ1v) is 14.2. The minimum Gasteiger partial charge on any atom is -0.376 e. The molecule has 0 spiro atoms. The van der Waals surface area contributed by atoms with Gasteiger partial charge in [-0.15, -0.1) is 0 Å². The quantitative estimate of drug-likeness (QED) is 0.354. The van der Waals surface area contributed by atoms with Crippen LogP contribution < -0.4 is 0 Å². The van der Waals surface area contributed by atoms with Gasteiger partial charge in [0.15, 0.2) is 19.7 Å². The number of ether oxygens (including phenoxy) is 1. The molecule has 0 amide bonds. The molecular weight excluding hydrogens is 468 g/mol. The first-order chi connectivity index (χ1) is 16.4. The molecule has 3 atom stereocenters. The van der Waals surface area contributed by atoms with Gasteiger partial charge >= 0.3 is 0 Å². The Kier molecular flexibility index (Phi) is 4.75. The first kappa shape index (κ1) is 21.5. The Labute approximate surface area is 198 Å². The highest BCUT2D eigenvalue weighted by atomic mass is 32.2. The van der Waals surface area contributed by atoms with Crippen molar-refractivity contribution in [3.05, 3.63) is 84.9 Å². The van der Waals surface area contributed by atoms with E-state index in [1.54, 1.807) is 36.4 Å². The van der Waals surface area contributed by atoms with Crippen LogP contribution in [-0.2, 0) is 24.4 Å². The number of fused-ring (bicyclic) bond motifs is 8. The second kappa shape index (κ2) is 7.50. The van der Waals surface area contributed by atoms with Gasteiger partial charge in [-0.2, -0.15) is 0 Å². The molecule has 1 aliphatic carbocycles. The number of hydrogen-bond donors (Lipinski definition) is 0. The third-order valence-electron chi connectivity index (χ3n) is 7.06. The lowest BCUT2D eigenvalue weighted by molar-refractivity contribution is 0.131. The van der Waals surface area contributed by atoms with E-state index in [2.05, 4.69) is 0 Å². The molecule has 1 heterocycles. The van der Waals surface area contributed by atoms with Crippen LogP contribution in [0.15, 0.2) is 94.7 Å². The second-order valence-electron chi connectivity index (χ2n) is 8.78. The van der Waals surface area contributed by atoms with E-state index in [0.717, 1.165) is 10.8 Å². The summed E-state index contributed by atoms with van der Waals surface area (Å²) in [5.41, 5.74) is 0.895. The third kappa shape index (κ3) is 2.87. The molecule has 7 heteroatoms. The molecule has 0 fully saturated rings. The predicted molar refractivity (Wildman–Crippen MR) is 133 cm³/mol. The Hall–Kier alpha value is -3.00. The van der Waals surface area contributed by atoms with Gasteiger partial charge in [0.05, 0.1) is 21.1 Å². The van der Waals surface area contributed by atoms with Gasteiger partial charge in [-0.3, -0.25) is 0 Å². The molecule has 4 aromatic carbocycles. The summed E-state index contributed by atoms with van der Waals surface area (Å²) in [5.74, 6) is 0. The summed E-state index contributed by atoms with van der Waals surface area (Å²) in [7, 11) is -6.71. The molecule has 0 aromatic heterocycles. The van der Waals surface area contributed by atoms with Crippen LogP contribution in [0.1, 0.15) is 6.42 Å². The van der Waals surface area contributed by atoms with Crippen molar-refractivity contribution in [1.82, 2.24) is 0 Å². The lowest BCUT2D eigenvalue weighted by atomic mass is 9.93. The van der Waals surface area contributed by atoms with Gasteiger partial charge < -0.3 is 4.74 Å². The van der Waals surface area contributed by atoms with Gasteiger partial charge in [-0.05, 0) is 40.1 Å². The van der Waals surface area contributed by atoms with Crippen LogP contribution in [0.5, 0.6) is 0 Å². The summed E-state index contributed by atoms with van der Waals surface area (Å²) in [6.07, 6.45) is 2.63. The van der Waals surface area contributed by atoms with Gasteiger partial charge in [0.1, 0.15) is 5.25 Å². The maximum Gasteiger partial charge on any atom is 0.186 e. The molecule has 6 rings (SSSR count). The molecule has 5 nitrogen and oxygen atoms in total. The zero-order chi connectivity index (χ0) is 23.7. The van der Waals surface area contributed by atoms with E-state index < -0.39 is 36.3 Å². The third-order valence-corrected chi connectivity index (χ3v) is 11.7. The Morgan fingerprint density at radius 2 is 1.24 bits per heavy atom. The molecule has 4 aromatic rings. The van der Waals surface area contributed by atoms with Gasteiger partial charge in [-0.1, -0.05) is 72.8 Å². The summed E-state index contributed by atoms with van der Waals surface area (Å²) in [6, 6.07) is 21.8. The van der Waals surface area contributed by atoms with E-state index in [4.69, 9.17) is 4.74 Å².